The molecule has 0 fully saturated rings. The molecule has 0 saturated heterocycles. The molecule has 1 aromatic heterocycles. The number of aromatic nitrogens is 1. The van der Waals surface area contributed by atoms with Crippen molar-refractivity contribution in [3.05, 3.63) is 143 Å². The fourth-order valence-corrected chi connectivity index (χ4v) is 3.06. The average molecular weight is 579 g/mol. The topological polar surface area (TPSA) is 264 Å². The number of non-ortho nitro benzene ring substituents is 4. The maximum atomic E-state index is 10.5. The minimum Gasteiger partial charge on any atom is -0.545 e. The van der Waals surface area contributed by atoms with E-state index in [1.54, 1.807) is 0 Å². The van der Waals surface area contributed by atoms with Crippen LogP contribution in [0.2, 0.25) is 0 Å². The summed E-state index contributed by atoms with van der Waals surface area (Å²) < 4.78 is 0. The molecule has 0 aliphatic carbocycles. The monoisotopic (exact) mass is 579 g/mol. The molecule has 17 nitrogen and oxygen atoms in total. The molecule has 4 rings (SSSR count). The molecule has 0 radical (unpaired) electrons. The van der Waals surface area contributed by atoms with Gasteiger partial charge in [-0.1, -0.05) is 30.3 Å². The summed E-state index contributed by atoms with van der Waals surface area (Å²) in [6, 6.07) is 18.8. The standard InChI is InChI=1S/C11H9N.2C7H4N2O6/c1-2-4-10(5-3-1)11-6-8-12-9-7-11;2*10-7(11)4-1-5(8(12)13)3-6(2-4)9(14)15/h1-9H;2*1-3H,(H,10,11). The molecule has 0 unspecified atom stereocenters. The van der Waals surface area contributed by atoms with Gasteiger partial charge in [0.1, 0.15) is 0 Å². The van der Waals surface area contributed by atoms with Crippen LogP contribution in [0.4, 0.5) is 22.7 Å². The number of benzene rings is 3. The summed E-state index contributed by atoms with van der Waals surface area (Å²) in [5.41, 5.74) is -1.16. The SMILES string of the molecule is O=C(O)c1cc([N+](=O)[O-])cc([N+](=O)[O-])c1.O=C([O-])c1cc([N+](=O)[O-])cc([N+](=O)[O-])c1.c1ccc(-c2cc[nH+]cc2)cc1. The lowest BCUT2D eigenvalue weighted by Gasteiger charge is -2.01. The van der Waals surface area contributed by atoms with Crippen molar-refractivity contribution in [3.63, 3.8) is 0 Å². The van der Waals surface area contributed by atoms with Gasteiger partial charge in [-0.05, 0) is 11.1 Å². The molecule has 42 heavy (non-hydrogen) atoms. The molecule has 0 atom stereocenters. The van der Waals surface area contributed by atoms with E-state index < -0.39 is 65.5 Å². The van der Waals surface area contributed by atoms with E-state index in [0.717, 1.165) is 12.1 Å². The fraction of sp³-hybridized carbons (Fsp3) is 0. The zero-order chi connectivity index (χ0) is 31.4. The molecule has 1 heterocycles. The molecule has 0 bridgehead atoms. The predicted octanol–water partition coefficient (Wildman–Crippen LogP) is 3.24. The van der Waals surface area contributed by atoms with Gasteiger partial charge in [0.05, 0.1) is 43.4 Å². The van der Waals surface area contributed by atoms with Crippen LogP contribution in [0.1, 0.15) is 20.7 Å². The van der Waals surface area contributed by atoms with Gasteiger partial charge in [-0.25, -0.2) is 9.78 Å². The summed E-state index contributed by atoms with van der Waals surface area (Å²) in [7, 11) is 0. The summed E-state index contributed by atoms with van der Waals surface area (Å²) in [6.45, 7) is 0. The van der Waals surface area contributed by atoms with Gasteiger partial charge in [0.25, 0.3) is 22.7 Å². The Morgan fingerprint density at radius 2 is 0.929 bits per heavy atom. The van der Waals surface area contributed by atoms with Gasteiger partial charge in [-0.2, -0.15) is 0 Å². The number of carboxylic acids is 2. The largest absolute Gasteiger partial charge is 0.545 e. The number of hydrogen-bond acceptors (Lipinski definition) is 11. The molecule has 4 aromatic rings. The van der Waals surface area contributed by atoms with Gasteiger partial charge in [0, 0.05) is 42.0 Å². The van der Waals surface area contributed by atoms with E-state index >= 15 is 0 Å². The van der Waals surface area contributed by atoms with Gasteiger partial charge in [0.15, 0.2) is 12.4 Å². The Labute approximate surface area is 233 Å². The van der Waals surface area contributed by atoms with Crippen LogP contribution < -0.4 is 10.1 Å². The minimum absolute atomic E-state index is 0.490. The second-order valence-corrected chi connectivity index (χ2v) is 7.75. The number of carboxylic acid groups (broad SMARTS) is 2. The maximum absolute atomic E-state index is 10.5. The highest BCUT2D eigenvalue weighted by molar-refractivity contribution is 5.89. The number of aromatic amines is 1. The highest BCUT2D eigenvalue weighted by Crippen LogP contribution is 2.23. The number of nitrogens with zero attached hydrogens (tertiary/aromatic N) is 4. The van der Waals surface area contributed by atoms with E-state index in [1.807, 2.05) is 30.6 Å². The molecule has 214 valence electrons. The van der Waals surface area contributed by atoms with Crippen molar-refractivity contribution in [1.29, 1.82) is 0 Å². The molecular weight excluding hydrogens is 562 g/mol. The second-order valence-electron chi connectivity index (χ2n) is 7.75. The first-order valence-electron chi connectivity index (χ1n) is 11.1. The van der Waals surface area contributed by atoms with Crippen LogP contribution >= 0.6 is 0 Å². The van der Waals surface area contributed by atoms with E-state index in [4.69, 9.17) is 5.11 Å². The van der Waals surface area contributed by atoms with Crippen LogP contribution in [-0.4, -0.2) is 36.7 Å². The Morgan fingerprint density at radius 1 is 0.571 bits per heavy atom. The van der Waals surface area contributed by atoms with Crippen molar-refractivity contribution in [3.8, 4) is 11.1 Å². The van der Waals surface area contributed by atoms with Crippen molar-refractivity contribution in [2.24, 2.45) is 0 Å². The highest BCUT2D eigenvalue weighted by Gasteiger charge is 2.19. The lowest BCUT2D eigenvalue weighted by atomic mass is 10.1. The Morgan fingerprint density at radius 3 is 1.26 bits per heavy atom. The van der Waals surface area contributed by atoms with Crippen molar-refractivity contribution in [1.82, 2.24) is 0 Å². The number of pyridine rings is 1. The Kier molecular flexibility index (Phi) is 10.9. The van der Waals surface area contributed by atoms with Gasteiger partial charge in [0.2, 0.25) is 0 Å². The quantitative estimate of drug-likeness (QED) is 0.244. The third-order valence-electron chi connectivity index (χ3n) is 4.96. The van der Waals surface area contributed by atoms with Crippen molar-refractivity contribution < 1.29 is 44.5 Å². The van der Waals surface area contributed by atoms with Gasteiger partial charge >= 0.3 is 5.97 Å². The van der Waals surface area contributed by atoms with Gasteiger partial charge < -0.3 is 15.0 Å². The predicted molar refractivity (Wildman–Crippen MR) is 139 cm³/mol. The molecule has 0 saturated carbocycles. The van der Waals surface area contributed by atoms with Crippen molar-refractivity contribution in [2.75, 3.05) is 0 Å². The molecule has 17 heteroatoms. The molecule has 0 amide bonds. The summed E-state index contributed by atoms with van der Waals surface area (Å²) in [6.07, 6.45) is 3.87. The van der Waals surface area contributed by atoms with Crippen LogP contribution in [0, 0.1) is 40.5 Å². The zero-order valence-electron chi connectivity index (χ0n) is 20.9. The first-order valence-corrected chi connectivity index (χ1v) is 11.1. The van der Waals surface area contributed by atoms with Gasteiger partial charge in [-0.15, -0.1) is 0 Å². The van der Waals surface area contributed by atoms with Crippen LogP contribution in [-0.2, 0) is 0 Å². The number of rotatable bonds is 7. The minimum atomic E-state index is -1.71. The Bertz CT molecular complexity index is 1370. The van der Waals surface area contributed by atoms with E-state index in [2.05, 4.69) is 29.2 Å². The van der Waals surface area contributed by atoms with Crippen molar-refractivity contribution in [2.45, 2.75) is 0 Å². The van der Waals surface area contributed by atoms with Crippen LogP contribution in [0.3, 0.4) is 0 Å². The molecule has 0 spiro atoms. The van der Waals surface area contributed by atoms with Crippen LogP contribution in [0.25, 0.3) is 11.1 Å². The van der Waals surface area contributed by atoms with E-state index in [9.17, 15) is 55.2 Å². The lowest BCUT2D eigenvalue weighted by molar-refractivity contribution is -0.394. The summed E-state index contributed by atoms with van der Waals surface area (Å²) >= 11 is 0. The lowest BCUT2D eigenvalue weighted by Crippen LogP contribution is -2.22. The number of hydrogen-bond donors (Lipinski definition) is 1. The fourth-order valence-electron chi connectivity index (χ4n) is 3.06. The normalized spacial score (nSPS) is 9.62. The first-order chi connectivity index (χ1) is 19.8. The smallest absolute Gasteiger partial charge is 0.336 e. The first kappa shape index (κ1) is 31.6. The highest BCUT2D eigenvalue weighted by atomic mass is 16.6. The summed E-state index contributed by atoms with van der Waals surface area (Å²) in [4.78, 5) is 61.6. The molecule has 0 aliphatic heterocycles. The zero-order valence-corrected chi connectivity index (χ0v) is 20.9. The third-order valence-corrected chi connectivity index (χ3v) is 4.96. The number of aromatic carboxylic acids is 2. The van der Waals surface area contributed by atoms with Crippen LogP contribution in [0.15, 0.2) is 91.3 Å². The molecule has 3 aromatic carbocycles. The van der Waals surface area contributed by atoms with Gasteiger partial charge in [-0.3, -0.25) is 40.5 Å². The van der Waals surface area contributed by atoms with E-state index in [0.29, 0.717) is 24.3 Å². The number of nitro groups is 4. The van der Waals surface area contributed by atoms with Crippen LogP contribution in [0.5, 0.6) is 0 Å². The average Bonchev–Trinajstić information content (AvgIpc) is 2.98. The number of nitro benzene ring substituents is 4. The number of carbonyl (C=O) groups is 2. The number of H-pyrrole nitrogens is 1. The van der Waals surface area contributed by atoms with E-state index in [-0.39, 0.29) is 0 Å². The molecule has 0 aliphatic rings. The summed E-state index contributed by atoms with van der Waals surface area (Å²) in [5, 5.41) is 60.3. The number of carbonyl (C=O) groups excluding carboxylic acids is 1. The third kappa shape index (κ3) is 9.27. The molecular formula is C25H17N5O12. The maximum Gasteiger partial charge on any atom is 0.336 e. The second kappa shape index (κ2) is 14.5. The van der Waals surface area contributed by atoms with Crippen molar-refractivity contribution >= 4 is 34.7 Å². The molecule has 2 N–H and O–H groups in total. The Balaban J connectivity index is 0.000000221. The van der Waals surface area contributed by atoms with E-state index in [1.165, 1.54) is 11.1 Å². The number of nitrogens with one attached hydrogen (secondary N) is 1. The Hall–Kier alpha value is -6.65. The summed E-state index contributed by atoms with van der Waals surface area (Å²) in [5.74, 6) is -3.16.